The zero-order valence-corrected chi connectivity index (χ0v) is 17.4. The third kappa shape index (κ3) is 3.57. The number of esters is 1. The highest BCUT2D eigenvalue weighted by Crippen LogP contribution is 2.31. The molecule has 4 rings (SSSR count). The predicted octanol–water partition coefficient (Wildman–Crippen LogP) is 3.87. The number of amides is 2. The summed E-state index contributed by atoms with van der Waals surface area (Å²) in [6.07, 6.45) is 1.54. The lowest BCUT2D eigenvalue weighted by atomic mass is 9.94. The van der Waals surface area contributed by atoms with Gasteiger partial charge in [0.15, 0.2) is 0 Å². The van der Waals surface area contributed by atoms with Crippen molar-refractivity contribution in [3.8, 4) is 17.4 Å². The van der Waals surface area contributed by atoms with E-state index in [1.807, 2.05) is 32.0 Å². The van der Waals surface area contributed by atoms with Gasteiger partial charge in [-0.3, -0.25) is 14.5 Å². The highest BCUT2D eigenvalue weighted by atomic mass is 16.5. The zero-order chi connectivity index (χ0) is 22.3. The third-order valence-electron chi connectivity index (χ3n) is 5.26. The van der Waals surface area contributed by atoms with Crippen molar-refractivity contribution in [3.63, 3.8) is 0 Å². The molecule has 0 radical (unpaired) electrons. The van der Waals surface area contributed by atoms with Crippen LogP contribution in [0.3, 0.4) is 0 Å². The number of cyclic esters (lactones) is 1. The summed E-state index contributed by atoms with van der Waals surface area (Å²) in [7, 11) is 0. The Balaban J connectivity index is 1.71. The van der Waals surface area contributed by atoms with E-state index in [4.69, 9.17) is 9.15 Å². The second-order valence-corrected chi connectivity index (χ2v) is 7.93. The molecule has 2 aromatic rings. The van der Waals surface area contributed by atoms with Gasteiger partial charge in [-0.1, -0.05) is 26.0 Å². The van der Waals surface area contributed by atoms with Crippen LogP contribution < -0.4 is 0 Å². The summed E-state index contributed by atoms with van der Waals surface area (Å²) in [6, 6.07) is 10.7. The van der Waals surface area contributed by atoms with Crippen LogP contribution in [0.4, 0.5) is 0 Å². The maximum absolute atomic E-state index is 13.0. The average molecular weight is 416 g/mol. The van der Waals surface area contributed by atoms with Crippen LogP contribution in [0.15, 0.2) is 51.5 Å². The van der Waals surface area contributed by atoms with Gasteiger partial charge in [0.2, 0.25) is 0 Å². The number of ether oxygens (including phenoxy) is 1. The normalized spacial score (nSPS) is 17.5. The van der Waals surface area contributed by atoms with Crippen molar-refractivity contribution in [2.75, 3.05) is 6.54 Å². The maximum Gasteiger partial charge on any atom is 0.338 e. The van der Waals surface area contributed by atoms with Gasteiger partial charge in [0, 0.05) is 23.2 Å². The molecule has 0 aliphatic carbocycles. The van der Waals surface area contributed by atoms with Gasteiger partial charge < -0.3 is 9.15 Å². The summed E-state index contributed by atoms with van der Waals surface area (Å²) in [5, 5.41) is 9.45. The van der Waals surface area contributed by atoms with Crippen LogP contribution in [-0.2, 0) is 20.9 Å². The minimum absolute atomic E-state index is 0.0459. The highest BCUT2D eigenvalue weighted by molar-refractivity contribution is 6.19. The number of hydrogen-bond donors (Lipinski definition) is 0. The van der Waals surface area contributed by atoms with Gasteiger partial charge in [0.1, 0.15) is 29.8 Å². The quantitative estimate of drug-likeness (QED) is 0.426. The molecule has 2 aliphatic heterocycles. The highest BCUT2D eigenvalue weighted by Gasteiger charge is 2.35. The molecule has 0 spiro atoms. The second-order valence-electron chi connectivity index (χ2n) is 7.93. The smallest absolute Gasteiger partial charge is 0.338 e. The number of nitriles is 1. The predicted molar refractivity (Wildman–Crippen MR) is 111 cm³/mol. The van der Waals surface area contributed by atoms with Crippen LogP contribution in [0.5, 0.6) is 0 Å². The number of rotatable bonds is 4. The van der Waals surface area contributed by atoms with Gasteiger partial charge in [-0.2, -0.15) is 5.26 Å². The van der Waals surface area contributed by atoms with E-state index in [-0.39, 0.29) is 36.2 Å². The molecule has 0 saturated heterocycles. The summed E-state index contributed by atoms with van der Waals surface area (Å²) in [5.41, 5.74) is 2.58. The Kier molecular flexibility index (Phi) is 5.07. The first-order valence-electron chi connectivity index (χ1n) is 9.89. The van der Waals surface area contributed by atoms with Gasteiger partial charge in [0.25, 0.3) is 11.8 Å². The van der Waals surface area contributed by atoms with E-state index < -0.39 is 11.8 Å². The van der Waals surface area contributed by atoms with Gasteiger partial charge in [-0.15, -0.1) is 0 Å². The molecule has 0 atom stereocenters. The molecule has 0 unspecified atom stereocenters. The number of nitrogens with zero attached hydrogens (tertiary/aromatic N) is 2. The fourth-order valence-electron chi connectivity index (χ4n) is 3.66. The van der Waals surface area contributed by atoms with Gasteiger partial charge in [-0.25, -0.2) is 4.79 Å². The molecule has 0 fully saturated rings. The van der Waals surface area contributed by atoms with E-state index in [1.165, 1.54) is 0 Å². The van der Waals surface area contributed by atoms with Crippen molar-refractivity contribution in [3.05, 3.63) is 63.9 Å². The van der Waals surface area contributed by atoms with E-state index in [0.717, 1.165) is 10.5 Å². The van der Waals surface area contributed by atoms with Crippen molar-refractivity contribution in [1.82, 2.24) is 4.90 Å². The number of carbonyl (C=O) groups is 3. The molecule has 0 N–H and O–H groups in total. The van der Waals surface area contributed by atoms with E-state index in [1.54, 1.807) is 31.2 Å². The lowest BCUT2D eigenvalue weighted by molar-refractivity contribution is -0.141. The number of furan rings is 1. The molecule has 3 heterocycles. The fraction of sp³-hybridized carbons (Fsp3) is 0.250. The Labute approximate surface area is 179 Å². The molecule has 7 heteroatoms. The first kappa shape index (κ1) is 20.4. The molecule has 2 amide bonds. The van der Waals surface area contributed by atoms with Crippen molar-refractivity contribution in [2.45, 2.75) is 27.4 Å². The van der Waals surface area contributed by atoms with Crippen LogP contribution >= 0.6 is 0 Å². The van der Waals surface area contributed by atoms with Crippen LogP contribution in [0.1, 0.15) is 42.5 Å². The van der Waals surface area contributed by atoms with E-state index >= 15 is 0 Å². The van der Waals surface area contributed by atoms with Crippen molar-refractivity contribution < 1.29 is 23.5 Å². The Bertz CT molecular complexity index is 1220. The molecule has 1 aromatic heterocycles. The van der Waals surface area contributed by atoms with Crippen LogP contribution in [0, 0.1) is 17.2 Å². The number of imide groups is 1. The fourth-order valence-corrected chi connectivity index (χ4v) is 3.66. The Morgan fingerprint density at radius 2 is 1.94 bits per heavy atom. The standard InChI is InChI=1S/C24H20N2O5/c1-13(2)11-26-22(27)18(14(3)20(10-25)23(26)28)9-17-6-7-21(31-17)15-4-5-16-12-30-24(29)19(16)8-15/h4-9,13H,11-12H2,1-3H3/b18-9-. The largest absolute Gasteiger partial charge is 0.457 e. The SMILES string of the molecule is CC1=C(C#N)C(=O)N(CC(C)C)C(=O)/C1=C\c1ccc(-c2ccc3c(c2)C(=O)OC3)o1. The summed E-state index contributed by atoms with van der Waals surface area (Å²) < 4.78 is 10.9. The molecule has 0 saturated carbocycles. The van der Waals surface area contributed by atoms with E-state index in [9.17, 15) is 19.6 Å². The Morgan fingerprint density at radius 3 is 2.65 bits per heavy atom. The monoisotopic (exact) mass is 416 g/mol. The molecular weight excluding hydrogens is 396 g/mol. The minimum Gasteiger partial charge on any atom is -0.457 e. The van der Waals surface area contributed by atoms with Gasteiger partial charge in [0.05, 0.1) is 5.56 Å². The van der Waals surface area contributed by atoms with E-state index in [2.05, 4.69) is 0 Å². The van der Waals surface area contributed by atoms with Gasteiger partial charge in [-0.05, 0) is 42.7 Å². The zero-order valence-electron chi connectivity index (χ0n) is 17.4. The summed E-state index contributed by atoms with van der Waals surface area (Å²) in [4.78, 5) is 38.5. The molecular formula is C24H20N2O5. The first-order valence-corrected chi connectivity index (χ1v) is 9.89. The Hall–Kier alpha value is -3.92. The Morgan fingerprint density at radius 1 is 1.16 bits per heavy atom. The van der Waals surface area contributed by atoms with E-state index in [0.29, 0.717) is 28.2 Å². The van der Waals surface area contributed by atoms with Crippen LogP contribution in [0.2, 0.25) is 0 Å². The summed E-state index contributed by atoms with van der Waals surface area (Å²) >= 11 is 0. The molecule has 156 valence electrons. The minimum atomic E-state index is -0.569. The van der Waals surface area contributed by atoms with Crippen molar-refractivity contribution in [1.29, 1.82) is 5.26 Å². The first-order chi connectivity index (χ1) is 14.8. The van der Waals surface area contributed by atoms with Gasteiger partial charge >= 0.3 is 5.97 Å². The average Bonchev–Trinajstić information content (AvgIpc) is 3.35. The third-order valence-corrected chi connectivity index (χ3v) is 5.26. The molecule has 1 aromatic carbocycles. The maximum atomic E-state index is 13.0. The van der Waals surface area contributed by atoms with Crippen molar-refractivity contribution >= 4 is 23.9 Å². The number of hydrogen-bond acceptors (Lipinski definition) is 6. The lowest BCUT2D eigenvalue weighted by Gasteiger charge is -2.28. The molecule has 7 nitrogen and oxygen atoms in total. The van der Waals surface area contributed by atoms with Crippen molar-refractivity contribution in [2.24, 2.45) is 5.92 Å². The number of benzene rings is 1. The lowest BCUT2D eigenvalue weighted by Crippen LogP contribution is -2.44. The molecule has 2 aliphatic rings. The number of carbonyl (C=O) groups excluding carboxylic acids is 3. The summed E-state index contributed by atoms with van der Waals surface area (Å²) in [6.45, 7) is 5.87. The summed E-state index contributed by atoms with van der Waals surface area (Å²) in [5.74, 6) is -0.395. The van der Waals surface area contributed by atoms with Crippen LogP contribution in [-0.4, -0.2) is 29.2 Å². The molecule has 0 bridgehead atoms. The number of fused-ring (bicyclic) bond motifs is 1. The second kappa shape index (κ2) is 7.73. The topological polar surface area (TPSA) is 101 Å². The molecule has 31 heavy (non-hydrogen) atoms. The van der Waals surface area contributed by atoms with Crippen LogP contribution in [0.25, 0.3) is 17.4 Å².